The molecule has 0 N–H and O–H groups in total. The molecule has 0 aliphatic heterocycles. The van der Waals surface area contributed by atoms with Crippen LogP contribution in [0, 0.1) is 0 Å². The average molecular weight is 247 g/mol. The number of carbonyl (C=O) groups is 1. The summed E-state index contributed by atoms with van der Waals surface area (Å²) in [6.07, 6.45) is 1.18. The van der Waals surface area contributed by atoms with Gasteiger partial charge < -0.3 is 14.6 Å². The number of ether oxygens (including phenoxy) is 1. The molecule has 0 aliphatic rings. The summed E-state index contributed by atoms with van der Waals surface area (Å²) in [6, 6.07) is 6.56. The summed E-state index contributed by atoms with van der Waals surface area (Å²) in [7, 11) is 1.56. The topological polar surface area (TPSA) is 93.0 Å². The van der Waals surface area contributed by atoms with Gasteiger partial charge in [-0.15, -0.1) is 5.10 Å². The number of carbonyl (C=O) groups excluding carboxylic acids is 1. The van der Waals surface area contributed by atoms with E-state index < -0.39 is 12.0 Å². The number of carboxylic acid groups (broad SMARTS) is 1. The van der Waals surface area contributed by atoms with Gasteiger partial charge in [-0.3, -0.25) is 0 Å². The number of benzene rings is 1. The highest BCUT2D eigenvalue weighted by Crippen LogP contribution is 2.22. The molecule has 0 radical (unpaired) electrons. The zero-order valence-corrected chi connectivity index (χ0v) is 9.68. The van der Waals surface area contributed by atoms with Crippen molar-refractivity contribution in [1.82, 2.24) is 20.2 Å². The first-order valence-electron chi connectivity index (χ1n) is 5.27. The Balaban J connectivity index is 2.30. The molecular formula is C11H11N4O3-. The van der Waals surface area contributed by atoms with E-state index >= 15 is 0 Å². The van der Waals surface area contributed by atoms with Crippen LogP contribution in [0.5, 0.6) is 5.75 Å². The van der Waals surface area contributed by atoms with Crippen molar-refractivity contribution in [2.24, 2.45) is 0 Å². The molecule has 0 bridgehead atoms. The van der Waals surface area contributed by atoms with Crippen molar-refractivity contribution in [3.8, 4) is 5.75 Å². The third-order valence-electron chi connectivity index (χ3n) is 2.54. The summed E-state index contributed by atoms with van der Waals surface area (Å²) < 4.78 is 6.43. The predicted molar refractivity (Wildman–Crippen MR) is 58.6 cm³/mol. The lowest BCUT2D eigenvalue weighted by Gasteiger charge is -2.17. The first kappa shape index (κ1) is 12.0. The standard InChI is InChI=1S/C11H12N4O3/c1-18-9-4-2-8(3-5-9)10(6-11(16)17)15-7-12-13-14-15/h2-5,7,10H,6H2,1H3,(H,16,17)/p-1/t10-/m0/s1. The molecule has 0 amide bonds. The highest BCUT2D eigenvalue weighted by molar-refractivity contribution is 5.65. The maximum Gasteiger partial charge on any atom is 0.138 e. The Bertz CT molecular complexity index is 510. The van der Waals surface area contributed by atoms with E-state index in [1.54, 1.807) is 31.4 Å². The fourth-order valence-electron chi connectivity index (χ4n) is 1.66. The van der Waals surface area contributed by atoms with Gasteiger partial charge in [-0.1, -0.05) is 12.1 Å². The number of tetrazole rings is 1. The van der Waals surface area contributed by atoms with Gasteiger partial charge in [0.05, 0.1) is 13.2 Å². The van der Waals surface area contributed by atoms with Crippen LogP contribution in [-0.2, 0) is 4.79 Å². The lowest BCUT2D eigenvalue weighted by Crippen LogP contribution is -2.27. The van der Waals surface area contributed by atoms with E-state index in [1.807, 2.05) is 0 Å². The summed E-state index contributed by atoms with van der Waals surface area (Å²) in [5, 5.41) is 21.5. The van der Waals surface area contributed by atoms with Crippen molar-refractivity contribution in [1.29, 1.82) is 0 Å². The van der Waals surface area contributed by atoms with Gasteiger partial charge >= 0.3 is 0 Å². The highest BCUT2D eigenvalue weighted by atomic mass is 16.5. The minimum absolute atomic E-state index is 0.197. The van der Waals surface area contributed by atoms with Crippen LogP contribution < -0.4 is 9.84 Å². The van der Waals surface area contributed by atoms with Crippen molar-refractivity contribution < 1.29 is 14.6 Å². The lowest BCUT2D eigenvalue weighted by atomic mass is 10.0. The molecule has 7 nitrogen and oxygen atoms in total. The highest BCUT2D eigenvalue weighted by Gasteiger charge is 2.15. The van der Waals surface area contributed by atoms with E-state index in [0.717, 1.165) is 5.56 Å². The number of methoxy groups -OCH3 is 1. The third kappa shape index (κ3) is 2.62. The van der Waals surface area contributed by atoms with Crippen molar-refractivity contribution in [2.45, 2.75) is 12.5 Å². The van der Waals surface area contributed by atoms with Crippen LogP contribution in [0.4, 0.5) is 0 Å². The van der Waals surface area contributed by atoms with E-state index in [1.165, 1.54) is 11.0 Å². The van der Waals surface area contributed by atoms with E-state index in [0.29, 0.717) is 5.75 Å². The van der Waals surface area contributed by atoms with Crippen LogP contribution >= 0.6 is 0 Å². The van der Waals surface area contributed by atoms with Gasteiger partial charge in [0, 0.05) is 12.4 Å². The van der Waals surface area contributed by atoms with Crippen LogP contribution in [0.15, 0.2) is 30.6 Å². The van der Waals surface area contributed by atoms with Gasteiger partial charge in [-0.2, -0.15) is 0 Å². The van der Waals surface area contributed by atoms with Crippen LogP contribution in [0.25, 0.3) is 0 Å². The SMILES string of the molecule is COc1ccc([C@H](CC(=O)[O-])n2cnnn2)cc1. The van der Waals surface area contributed by atoms with Gasteiger partial charge in [-0.05, 0) is 28.1 Å². The number of hydrogen-bond acceptors (Lipinski definition) is 6. The Hall–Kier alpha value is -2.44. The zero-order chi connectivity index (χ0) is 13.0. The molecule has 1 atom stereocenters. The number of nitrogens with zero attached hydrogens (tertiary/aromatic N) is 4. The average Bonchev–Trinajstić information content (AvgIpc) is 2.89. The monoisotopic (exact) mass is 247 g/mol. The summed E-state index contributed by atoms with van der Waals surface area (Å²) in [5.41, 5.74) is 0.771. The largest absolute Gasteiger partial charge is 0.550 e. The molecule has 0 spiro atoms. The number of aliphatic carboxylic acids is 1. The molecule has 7 heteroatoms. The molecule has 2 rings (SSSR count). The molecule has 0 saturated carbocycles. The predicted octanol–water partition coefficient (Wildman–Crippen LogP) is -0.589. The van der Waals surface area contributed by atoms with E-state index in [-0.39, 0.29) is 6.42 Å². The quantitative estimate of drug-likeness (QED) is 0.701. The van der Waals surface area contributed by atoms with Gasteiger partial charge in [0.2, 0.25) is 0 Å². The number of hydrogen-bond donors (Lipinski definition) is 0. The van der Waals surface area contributed by atoms with Crippen molar-refractivity contribution in [2.75, 3.05) is 7.11 Å². The molecule has 0 fully saturated rings. The first-order valence-corrected chi connectivity index (χ1v) is 5.27. The van der Waals surface area contributed by atoms with Crippen LogP contribution in [0.1, 0.15) is 18.0 Å². The van der Waals surface area contributed by atoms with Crippen molar-refractivity contribution in [3.63, 3.8) is 0 Å². The van der Waals surface area contributed by atoms with Crippen LogP contribution in [0.2, 0.25) is 0 Å². The Kier molecular flexibility index (Phi) is 3.52. The lowest BCUT2D eigenvalue weighted by molar-refractivity contribution is -0.306. The normalized spacial score (nSPS) is 12.1. The Morgan fingerprint density at radius 2 is 2.17 bits per heavy atom. The maximum absolute atomic E-state index is 10.8. The van der Waals surface area contributed by atoms with Gasteiger partial charge in [0.1, 0.15) is 12.1 Å². The molecule has 0 unspecified atom stereocenters. The van der Waals surface area contributed by atoms with Crippen LogP contribution in [0.3, 0.4) is 0 Å². The molecular weight excluding hydrogens is 236 g/mol. The number of carboxylic acids is 1. The van der Waals surface area contributed by atoms with Crippen LogP contribution in [-0.4, -0.2) is 33.3 Å². The first-order chi connectivity index (χ1) is 8.70. The van der Waals surface area contributed by atoms with Crippen molar-refractivity contribution in [3.05, 3.63) is 36.2 Å². The molecule has 1 aromatic heterocycles. The number of aromatic nitrogens is 4. The maximum atomic E-state index is 10.8. The Labute approximate surface area is 103 Å². The third-order valence-corrected chi connectivity index (χ3v) is 2.54. The smallest absolute Gasteiger partial charge is 0.138 e. The summed E-state index contributed by atoms with van der Waals surface area (Å²) in [4.78, 5) is 10.8. The summed E-state index contributed by atoms with van der Waals surface area (Å²) >= 11 is 0. The fourth-order valence-corrected chi connectivity index (χ4v) is 1.66. The molecule has 1 aromatic carbocycles. The molecule has 0 saturated heterocycles. The van der Waals surface area contributed by atoms with Gasteiger partial charge in [0.15, 0.2) is 0 Å². The van der Waals surface area contributed by atoms with E-state index in [2.05, 4.69) is 15.5 Å². The zero-order valence-electron chi connectivity index (χ0n) is 9.68. The second-order valence-corrected chi connectivity index (χ2v) is 3.65. The molecule has 1 heterocycles. The van der Waals surface area contributed by atoms with Gasteiger partial charge in [0.25, 0.3) is 0 Å². The molecule has 18 heavy (non-hydrogen) atoms. The van der Waals surface area contributed by atoms with Gasteiger partial charge in [-0.25, -0.2) is 4.68 Å². The molecule has 0 aliphatic carbocycles. The summed E-state index contributed by atoms with van der Waals surface area (Å²) in [6.45, 7) is 0. The second-order valence-electron chi connectivity index (χ2n) is 3.65. The minimum atomic E-state index is -1.16. The molecule has 2 aromatic rings. The molecule has 94 valence electrons. The second kappa shape index (κ2) is 5.26. The minimum Gasteiger partial charge on any atom is -0.550 e. The Morgan fingerprint density at radius 1 is 1.44 bits per heavy atom. The fraction of sp³-hybridized carbons (Fsp3) is 0.273. The van der Waals surface area contributed by atoms with Crippen molar-refractivity contribution >= 4 is 5.97 Å². The summed E-state index contributed by atoms with van der Waals surface area (Å²) in [5.74, 6) is -0.464. The van der Waals surface area contributed by atoms with E-state index in [4.69, 9.17) is 4.74 Å². The van der Waals surface area contributed by atoms with E-state index in [9.17, 15) is 9.90 Å². The Morgan fingerprint density at radius 3 is 2.67 bits per heavy atom. The number of rotatable bonds is 5.